The van der Waals surface area contributed by atoms with Gasteiger partial charge in [0, 0.05) is 13.1 Å². The van der Waals surface area contributed by atoms with Crippen LogP contribution in [0.3, 0.4) is 0 Å². The van der Waals surface area contributed by atoms with Gasteiger partial charge in [-0.25, -0.2) is 4.79 Å². The van der Waals surface area contributed by atoms with Crippen LogP contribution in [0.25, 0.3) is 0 Å². The average molecular weight is 195 g/mol. The first kappa shape index (κ1) is 10.8. The number of carbonyl (C=O) groups is 1. The molecule has 1 heterocycles. The van der Waals surface area contributed by atoms with Gasteiger partial charge in [0.15, 0.2) is 0 Å². The number of allylic oxidation sites excluding steroid dienone is 1. The molecule has 0 radical (unpaired) electrons. The fourth-order valence-corrected chi connectivity index (χ4v) is 1.22. The Bertz CT molecular complexity index is 233. The van der Waals surface area contributed by atoms with E-state index in [1.165, 1.54) is 6.26 Å². The summed E-state index contributed by atoms with van der Waals surface area (Å²) in [7, 11) is 0. The Morgan fingerprint density at radius 2 is 2.43 bits per heavy atom. The summed E-state index contributed by atoms with van der Waals surface area (Å²) in [6.07, 6.45) is 10.1. The van der Waals surface area contributed by atoms with Crippen molar-refractivity contribution in [3.05, 3.63) is 24.5 Å². The SMILES string of the molecule is CCCC=COC(=O)N1CC=CCC1. The molecule has 0 fully saturated rings. The quantitative estimate of drug-likeness (QED) is 0.512. The summed E-state index contributed by atoms with van der Waals surface area (Å²) in [5.74, 6) is 0. The summed E-state index contributed by atoms with van der Waals surface area (Å²) in [5, 5.41) is 0. The van der Waals surface area contributed by atoms with E-state index in [0.717, 1.165) is 25.8 Å². The van der Waals surface area contributed by atoms with E-state index >= 15 is 0 Å². The molecule has 78 valence electrons. The van der Waals surface area contributed by atoms with Crippen LogP contribution in [0.1, 0.15) is 26.2 Å². The minimum atomic E-state index is -0.248. The van der Waals surface area contributed by atoms with Crippen LogP contribution in [0.15, 0.2) is 24.5 Å². The number of amides is 1. The minimum Gasteiger partial charge on any atom is -0.418 e. The van der Waals surface area contributed by atoms with Crippen LogP contribution in [-0.2, 0) is 4.74 Å². The average Bonchev–Trinajstić information content (AvgIpc) is 2.25. The third-order valence-electron chi connectivity index (χ3n) is 2.04. The Balaban J connectivity index is 2.24. The largest absolute Gasteiger partial charge is 0.418 e. The molecule has 3 heteroatoms. The van der Waals surface area contributed by atoms with E-state index in [0.29, 0.717) is 6.54 Å². The second kappa shape index (κ2) is 6.24. The number of ether oxygens (including phenoxy) is 1. The van der Waals surface area contributed by atoms with Crippen molar-refractivity contribution in [2.75, 3.05) is 13.1 Å². The van der Waals surface area contributed by atoms with Crippen molar-refractivity contribution in [1.29, 1.82) is 0 Å². The van der Waals surface area contributed by atoms with Gasteiger partial charge in [-0.05, 0) is 18.9 Å². The molecule has 1 aliphatic heterocycles. The highest BCUT2D eigenvalue weighted by Crippen LogP contribution is 2.03. The first-order chi connectivity index (χ1) is 6.84. The number of nitrogens with zero attached hydrogens (tertiary/aromatic N) is 1. The van der Waals surface area contributed by atoms with E-state index in [9.17, 15) is 4.79 Å². The topological polar surface area (TPSA) is 29.5 Å². The first-order valence-corrected chi connectivity index (χ1v) is 5.10. The summed E-state index contributed by atoms with van der Waals surface area (Å²) < 4.78 is 4.96. The van der Waals surface area contributed by atoms with Crippen molar-refractivity contribution in [1.82, 2.24) is 4.90 Å². The van der Waals surface area contributed by atoms with Gasteiger partial charge in [0.05, 0.1) is 6.26 Å². The Kier molecular flexibility index (Phi) is 4.83. The van der Waals surface area contributed by atoms with Crippen LogP contribution in [0, 0.1) is 0 Å². The van der Waals surface area contributed by atoms with Gasteiger partial charge in [0.25, 0.3) is 0 Å². The van der Waals surface area contributed by atoms with Gasteiger partial charge in [-0.1, -0.05) is 25.5 Å². The van der Waals surface area contributed by atoms with E-state index in [4.69, 9.17) is 4.74 Å². The summed E-state index contributed by atoms with van der Waals surface area (Å²) in [6, 6.07) is 0. The van der Waals surface area contributed by atoms with Crippen LogP contribution in [0.4, 0.5) is 4.79 Å². The lowest BCUT2D eigenvalue weighted by molar-refractivity contribution is 0.141. The van der Waals surface area contributed by atoms with Crippen LogP contribution < -0.4 is 0 Å². The zero-order valence-electron chi connectivity index (χ0n) is 8.61. The molecule has 0 aliphatic carbocycles. The van der Waals surface area contributed by atoms with E-state index in [-0.39, 0.29) is 6.09 Å². The van der Waals surface area contributed by atoms with E-state index < -0.39 is 0 Å². The van der Waals surface area contributed by atoms with E-state index in [1.807, 2.05) is 12.2 Å². The molecular weight excluding hydrogens is 178 g/mol. The molecule has 1 amide bonds. The van der Waals surface area contributed by atoms with Gasteiger partial charge >= 0.3 is 6.09 Å². The third-order valence-corrected chi connectivity index (χ3v) is 2.04. The highest BCUT2D eigenvalue weighted by molar-refractivity contribution is 5.68. The number of carbonyl (C=O) groups excluding carboxylic acids is 1. The highest BCUT2D eigenvalue weighted by Gasteiger charge is 2.13. The number of rotatable bonds is 3. The maximum Gasteiger partial charge on any atom is 0.414 e. The molecule has 0 saturated heterocycles. The fraction of sp³-hybridized carbons (Fsp3) is 0.545. The molecule has 0 aromatic carbocycles. The van der Waals surface area contributed by atoms with Gasteiger partial charge in [0.2, 0.25) is 0 Å². The Morgan fingerprint density at radius 3 is 3.07 bits per heavy atom. The summed E-state index contributed by atoms with van der Waals surface area (Å²) in [4.78, 5) is 13.1. The standard InChI is InChI=1S/C11H17NO2/c1-2-3-7-10-14-11(13)12-8-5-4-6-9-12/h4-5,7,10H,2-3,6,8-9H2,1H3. The lowest BCUT2D eigenvalue weighted by Crippen LogP contribution is -2.33. The first-order valence-electron chi connectivity index (χ1n) is 5.10. The van der Waals surface area contributed by atoms with Gasteiger partial charge in [-0.2, -0.15) is 0 Å². The monoisotopic (exact) mass is 195 g/mol. The second-order valence-electron chi connectivity index (χ2n) is 3.25. The molecule has 0 atom stereocenters. The molecule has 0 bridgehead atoms. The van der Waals surface area contributed by atoms with Gasteiger partial charge in [0.1, 0.15) is 0 Å². The highest BCUT2D eigenvalue weighted by atomic mass is 16.5. The molecule has 0 N–H and O–H groups in total. The summed E-state index contributed by atoms with van der Waals surface area (Å²) >= 11 is 0. The Morgan fingerprint density at radius 1 is 1.57 bits per heavy atom. The zero-order chi connectivity index (χ0) is 10.2. The van der Waals surface area contributed by atoms with Crippen molar-refractivity contribution >= 4 is 6.09 Å². The van der Waals surface area contributed by atoms with Crippen LogP contribution in [-0.4, -0.2) is 24.1 Å². The summed E-state index contributed by atoms with van der Waals surface area (Å²) in [6.45, 7) is 3.51. The Hall–Kier alpha value is -1.25. The van der Waals surface area contributed by atoms with Crippen molar-refractivity contribution in [3.8, 4) is 0 Å². The lowest BCUT2D eigenvalue weighted by atomic mass is 10.3. The van der Waals surface area contributed by atoms with Crippen molar-refractivity contribution in [2.45, 2.75) is 26.2 Å². The van der Waals surface area contributed by atoms with Gasteiger partial charge < -0.3 is 9.64 Å². The van der Waals surface area contributed by atoms with Gasteiger partial charge in [-0.15, -0.1) is 0 Å². The van der Waals surface area contributed by atoms with Crippen molar-refractivity contribution in [3.63, 3.8) is 0 Å². The molecule has 0 aromatic heterocycles. The zero-order valence-corrected chi connectivity index (χ0v) is 8.61. The molecule has 0 aromatic rings. The number of hydrogen-bond donors (Lipinski definition) is 0. The van der Waals surface area contributed by atoms with E-state index in [1.54, 1.807) is 4.90 Å². The lowest BCUT2D eigenvalue weighted by Gasteiger charge is -2.21. The molecule has 0 unspecified atom stereocenters. The molecular formula is C11H17NO2. The number of unbranched alkanes of at least 4 members (excludes halogenated alkanes) is 1. The fourth-order valence-electron chi connectivity index (χ4n) is 1.22. The van der Waals surface area contributed by atoms with Crippen molar-refractivity contribution < 1.29 is 9.53 Å². The predicted molar refractivity (Wildman–Crippen MR) is 55.9 cm³/mol. The Labute approximate surface area is 85.0 Å². The second-order valence-corrected chi connectivity index (χ2v) is 3.25. The predicted octanol–water partition coefficient (Wildman–Crippen LogP) is 2.70. The normalized spacial score (nSPS) is 16.2. The molecule has 3 nitrogen and oxygen atoms in total. The molecule has 14 heavy (non-hydrogen) atoms. The van der Waals surface area contributed by atoms with E-state index in [2.05, 4.69) is 13.0 Å². The van der Waals surface area contributed by atoms with Crippen LogP contribution in [0.2, 0.25) is 0 Å². The smallest absolute Gasteiger partial charge is 0.414 e. The molecule has 0 saturated carbocycles. The maximum absolute atomic E-state index is 11.4. The van der Waals surface area contributed by atoms with Crippen LogP contribution in [0.5, 0.6) is 0 Å². The number of hydrogen-bond acceptors (Lipinski definition) is 2. The molecule has 1 rings (SSSR count). The maximum atomic E-state index is 11.4. The minimum absolute atomic E-state index is 0.248. The van der Waals surface area contributed by atoms with Crippen molar-refractivity contribution in [2.24, 2.45) is 0 Å². The summed E-state index contributed by atoms with van der Waals surface area (Å²) in [5.41, 5.74) is 0. The molecule has 1 aliphatic rings. The van der Waals surface area contributed by atoms with Gasteiger partial charge in [-0.3, -0.25) is 0 Å². The third kappa shape index (κ3) is 3.64. The molecule has 0 spiro atoms. The van der Waals surface area contributed by atoms with Crippen LogP contribution >= 0.6 is 0 Å².